The van der Waals surface area contributed by atoms with E-state index in [1.807, 2.05) is 24.4 Å². The van der Waals surface area contributed by atoms with Crippen molar-refractivity contribution in [2.45, 2.75) is 18.6 Å². The van der Waals surface area contributed by atoms with Crippen LogP contribution in [0.3, 0.4) is 0 Å². The smallest absolute Gasteiger partial charge is 0.416 e. The zero-order valence-electron chi connectivity index (χ0n) is 18.3. The fourth-order valence-electron chi connectivity index (χ4n) is 3.74. The predicted octanol–water partition coefficient (Wildman–Crippen LogP) is 6.01. The first-order chi connectivity index (χ1) is 16.9. The van der Waals surface area contributed by atoms with Gasteiger partial charge in [0.05, 0.1) is 16.6 Å². The lowest BCUT2D eigenvalue weighted by Crippen LogP contribution is -2.31. The maximum absolute atomic E-state index is 12.8. The Balaban J connectivity index is 1.34. The number of oxazole rings is 1. The molecule has 0 saturated heterocycles. The lowest BCUT2D eigenvalue weighted by molar-refractivity contribution is -0.137. The first-order valence-electron chi connectivity index (χ1n) is 10.8. The van der Waals surface area contributed by atoms with Crippen molar-refractivity contribution in [3.63, 3.8) is 0 Å². The largest absolute Gasteiger partial charge is 0.442 e. The molecule has 5 aromatic rings. The molecule has 10 heteroatoms. The fraction of sp³-hybridized carbons (Fsp3) is 0.160. The Kier molecular flexibility index (Phi) is 6.23. The highest BCUT2D eigenvalue weighted by Gasteiger charge is 2.30. The average Bonchev–Trinajstić information content (AvgIpc) is 3.52. The van der Waals surface area contributed by atoms with Gasteiger partial charge in [-0.2, -0.15) is 13.2 Å². The van der Waals surface area contributed by atoms with E-state index in [1.165, 1.54) is 29.9 Å². The number of nitrogens with zero attached hydrogens (tertiary/aromatic N) is 3. The van der Waals surface area contributed by atoms with E-state index in [2.05, 4.69) is 21.4 Å². The number of halogens is 3. The molecular weight excluding hydrogens is 475 g/mol. The van der Waals surface area contributed by atoms with Gasteiger partial charge in [0.2, 0.25) is 0 Å². The van der Waals surface area contributed by atoms with Crippen molar-refractivity contribution in [2.75, 3.05) is 11.9 Å². The van der Waals surface area contributed by atoms with Crippen molar-refractivity contribution >= 4 is 27.2 Å². The summed E-state index contributed by atoms with van der Waals surface area (Å²) in [7, 11) is 0. The number of aromatic nitrogens is 3. The number of rotatable bonds is 7. The van der Waals surface area contributed by atoms with Crippen LogP contribution in [0.5, 0.6) is 0 Å². The SMILES string of the molecule is NC(CNc1nc(-c2cnco2)c(-c2ccc3cnccc3c2)s1)Cc1ccc(C(F)(F)F)cc1. The number of alkyl halides is 3. The van der Waals surface area contributed by atoms with Crippen molar-refractivity contribution in [3.05, 3.63) is 84.6 Å². The molecular formula is C25H20F3N5OS. The normalized spacial score (nSPS) is 12.7. The first kappa shape index (κ1) is 23.0. The molecule has 178 valence electrons. The minimum absolute atomic E-state index is 0.319. The van der Waals surface area contributed by atoms with Crippen LogP contribution in [0, 0.1) is 0 Å². The molecule has 3 aromatic heterocycles. The van der Waals surface area contributed by atoms with Crippen LogP contribution < -0.4 is 11.1 Å². The summed E-state index contributed by atoms with van der Waals surface area (Å²) >= 11 is 1.47. The number of nitrogens with two attached hydrogens (primary N) is 1. The van der Waals surface area contributed by atoms with Crippen molar-refractivity contribution in [3.8, 4) is 21.9 Å². The fourth-order valence-corrected chi connectivity index (χ4v) is 4.71. The summed E-state index contributed by atoms with van der Waals surface area (Å²) in [6, 6.07) is 12.8. The number of hydrogen-bond donors (Lipinski definition) is 2. The highest BCUT2D eigenvalue weighted by atomic mass is 32.1. The molecule has 35 heavy (non-hydrogen) atoms. The summed E-state index contributed by atoms with van der Waals surface area (Å²) in [5.74, 6) is 0.549. The summed E-state index contributed by atoms with van der Waals surface area (Å²) < 4.78 is 43.8. The quantitative estimate of drug-likeness (QED) is 0.287. The molecule has 1 unspecified atom stereocenters. The highest BCUT2D eigenvalue weighted by Crippen LogP contribution is 2.40. The Hall–Kier alpha value is -3.76. The Morgan fingerprint density at radius 3 is 2.57 bits per heavy atom. The van der Waals surface area contributed by atoms with Gasteiger partial charge in [0.1, 0.15) is 5.69 Å². The van der Waals surface area contributed by atoms with Crippen LogP contribution >= 0.6 is 11.3 Å². The molecule has 3 heterocycles. The second-order valence-electron chi connectivity index (χ2n) is 8.04. The van der Waals surface area contributed by atoms with Crippen LogP contribution in [0.1, 0.15) is 11.1 Å². The lowest BCUT2D eigenvalue weighted by Gasteiger charge is -2.13. The molecule has 6 nitrogen and oxygen atoms in total. The third kappa shape index (κ3) is 5.18. The van der Waals surface area contributed by atoms with E-state index in [0.717, 1.165) is 38.9 Å². The van der Waals surface area contributed by atoms with Crippen LogP contribution in [0.25, 0.3) is 32.7 Å². The summed E-state index contributed by atoms with van der Waals surface area (Å²) in [6.07, 6.45) is 2.61. The van der Waals surface area contributed by atoms with E-state index < -0.39 is 11.7 Å². The van der Waals surface area contributed by atoms with Crippen LogP contribution in [-0.4, -0.2) is 27.5 Å². The predicted molar refractivity (Wildman–Crippen MR) is 130 cm³/mol. The molecule has 2 aromatic carbocycles. The third-order valence-electron chi connectivity index (χ3n) is 5.49. The maximum atomic E-state index is 12.8. The van der Waals surface area contributed by atoms with E-state index in [0.29, 0.717) is 29.6 Å². The van der Waals surface area contributed by atoms with Gasteiger partial charge in [0.15, 0.2) is 17.3 Å². The molecule has 3 N–H and O–H groups in total. The van der Waals surface area contributed by atoms with Gasteiger partial charge >= 0.3 is 6.18 Å². The molecule has 0 amide bonds. The van der Waals surface area contributed by atoms with E-state index in [-0.39, 0.29) is 6.04 Å². The number of pyridine rings is 1. The second-order valence-corrected chi connectivity index (χ2v) is 9.04. The minimum atomic E-state index is -4.35. The van der Waals surface area contributed by atoms with Gasteiger partial charge in [-0.25, -0.2) is 9.97 Å². The first-order valence-corrected chi connectivity index (χ1v) is 11.6. The molecule has 0 fully saturated rings. The molecule has 0 saturated carbocycles. The Bertz CT molecular complexity index is 1430. The molecule has 0 aliphatic heterocycles. The molecule has 0 radical (unpaired) electrons. The van der Waals surface area contributed by atoms with Gasteiger partial charge < -0.3 is 15.5 Å². The molecule has 5 rings (SSSR count). The molecule has 0 aliphatic carbocycles. The number of anilines is 1. The second kappa shape index (κ2) is 9.47. The summed E-state index contributed by atoms with van der Waals surface area (Å²) in [6.45, 7) is 0.396. The van der Waals surface area contributed by atoms with Gasteiger partial charge in [-0.05, 0) is 47.2 Å². The standard InChI is InChI=1S/C25H20F3N5OS/c26-25(27,28)19-5-1-15(2-6-19)9-20(29)12-32-24-33-22(21-13-31-14-34-21)23(35-24)17-3-4-18-11-30-8-7-16(18)10-17/h1-8,10-11,13-14,20H,9,12,29H2,(H,32,33). The summed E-state index contributed by atoms with van der Waals surface area (Å²) in [5.41, 5.74) is 7.96. The molecule has 0 aliphatic rings. The number of benzene rings is 2. The number of hydrogen-bond acceptors (Lipinski definition) is 7. The van der Waals surface area contributed by atoms with E-state index in [1.54, 1.807) is 12.4 Å². The van der Waals surface area contributed by atoms with E-state index in [9.17, 15) is 13.2 Å². The number of fused-ring (bicyclic) bond motifs is 1. The Labute approximate surface area is 202 Å². The van der Waals surface area contributed by atoms with Gasteiger partial charge in [-0.15, -0.1) is 0 Å². The summed E-state index contributed by atoms with van der Waals surface area (Å²) in [5, 5.41) is 6.01. The van der Waals surface area contributed by atoms with Crippen LogP contribution in [0.2, 0.25) is 0 Å². The topological polar surface area (TPSA) is 89.9 Å². The molecule has 0 spiro atoms. The highest BCUT2D eigenvalue weighted by molar-refractivity contribution is 7.19. The number of thiazole rings is 1. The zero-order valence-corrected chi connectivity index (χ0v) is 19.1. The van der Waals surface area contributed by atoms with Crippen LogP contribution in [0.4, 0.5) is 18.3 Å². The average molecular weight is 496 g/mol. The lowest BCUT2D eigenvalue weighted by atomic mass is 10.0. The zero-order chi connectivity index (χ0) is 24.4. The van der Waals surface area contributed by atoms with E-state index in [4.69, 9.17) is 15.1 Å². The maximum Gasteiger partial charge on any atom is 0.416 e. The summed E-state index contributed by atoms with van der Waals surface area (Å²) in [4.78, 5) is 13.8. The Morgan fingerprint density at radius 2 is 1.83 bits per heavy atom. The molecule has 1 atom stereocenters. The van der Waals surface area contributed by atoms with Gasteiger partial charge in [-0.3, -0.25) is 4.98 Å². The monoisotopic (exact) mass is 495 g/mol. The molecule has 0 bridgehead atoms. The van der Waals surface area contributed by atoms with Crippen LogP contribution in [0.15, 0.2) is 77.9 Å². The van der Waals surface area contributed by atoms with E-state index >= 15 is 0 Å². The Morgan fingerprint density at radius 1 is 1.00 bits per heavy atom. The van der Waals surface area contributed by atoms with Gasteiger partial charge in [0.25, 0.3) is 0 Å². The van der Waals surface area contributed by atoms with Crippen molar-refractivity contribution < 1.29 is 17.6 Å². The van der Waals surface area contributed by atoms with Crippen molar-refractivity contribution in [2.24, 2.45) is 5.73 Å². The van der Waals surface area contributed by atoms with Crippen LogP contribution in [-0.2, 0) is 12.6 Å². The number of nitrogens with one attached hydrogen (secondary N) is 1. The van der Waals surface area contributed by atoms with Gasteiger partial charge in [-0.1, -0.05) is 35.6 Å². The van der Waals surface area contributed by atoms with Gasteiger partial charge in [0, 0.05) is 30.4 Å². The van der Waals surface area contributed by atoms with Crippen molar-refractivity contribution in [1.29, 1.82) is 0 Å². The minimum Gasteiger partial charge on any atom is -0.442 e. The third-order valence-corrected chi connectivity index (χ3v) is 6.55. The van der Waals surface area contributed by atoms with Crippen molar-refractivity contribution in [1.82, 2.24) is 15.0 Å².